The summed E-state index contributed by atoms with van der Waals surface area (Å²) in [4.78, 5) is 4.23. The molecule has 3 nitrogen and oxygen atoms in total. The molecule has 0 aromatic heterocycles. The SMILES string of the molecule is CN=C(NCCC1CC1)NCc1ccc(C)cc1.I. The van der Waals surface area contributed by atoms with Crippen LogP contribution in [0.3, 0.4) is 0 Å². The number of hydrogen-bond donors (Lipinski definition) is 2. The van der Waals surface area contributed by atoms with E-state index in [2.05, 4.69) is 46.8 Å². The van der Waals surface area contributed by atoms with Crippen LogP contribution in [0.15, 0.2) is 29.3 Å². The van der Waals surface area contributed by atoms with E-state index in [9.17, 15) is 0 Å². The third kappa shape index (κ3) is 6.27. The lowest BCUT2D eigenvalue weighted by Gasteiger charge is -2.11. The van der Waals surface area contributed by atoms with Crippen LogP contribution in [-0.4, -0.2) is 19.6 Å². The second-order valence-corrected chi connectivity index (χ2v) is 5.07. The van der Waals surface area contributed by atoms with Crippen molar-refractivity contribution in [1.82, 2.24) is 10.6 Å². The molecular formula is C15H24IN3. The number of hydrogen-bond acceptors (Lipinski definition) is 1. The first-order valence-electron chi connectivity index (χ1n) is 6.78. The van der Waals surface area contributed by atoms with E-state index >= 15 is 0 Å². The molecule has 0 unspecified atom stereocenters. The predicted octanol–water partition coefficient (Wildman–Crippen LogP) is 3.08. The summed E-state index contributed by atoms with van der Waals surface area (Å²) in [5, 5.41) is 6.70. The minimum Gasteiger partial charge on any atom is -0.356 e. The number of guanidine groups is 1. The van der Waals surface area contributed by atoms with Gasteiger partial charge >= 0.3 is 0 Å². The van der Waals surface area contributed by atoms with Crippen molar-refractivity contribution in [1.29, 1.82) is 0 Å². The number of nitrogens with one attached hydrogen (secondary N) is 2. The Morgan fingerprint density at radius 2 is 1.89 bits per heavy atom. The van der Waals surface area contributed by atoms with Crippen molar-refractivity contribution in [3.8, 4) is 0 Å². The second kappa shape index (κ2) is 8.40. The van der Waals surface area contributed by atoms with Crippen LogP contribution in [-0.2, 0) is 6.54 Å². The Labute approximate surface area is 133 Å². The number of aryl methyl sites for hydroxylation is 1. The number of benzene rings is 1. The molecule has 0 saturated heterocycles. The van der Waals surface area contributed by atoms with Gasteiger partial charge in [-0.1, -0.05) is 42.7 Å². The van der Waals surface area contributed by atoms with Crippen LogP contribution in [0.5, 0.6) is 0 Å². The third-order valence-corrected chi connectivity index (χ3v) is 3.35. The fraction of sp³-hybridized carbons (Fsp3) is 0.533. The summed E-state index contributed by atoms with van der Waals surface area (Å²) in [5.74, 6) is 1.86. The summed E-state index contributed by atoms with van der Waals surface area (Å²) in [6.45, 7) is 3.96. The fourth-order valence-electron chi connectivity index (χ4n) is 1.91. The molecule has 1 aliphatic rings. The summed E-state index contributed by atoms with van der Waals surface area (Å²) >= 11 is 0. The van der Waals surface area contributed by atoms with E-state index in [1.54, 1.807) is 0 Å². The molecule has 2 N–H and O–H groups in total. The van der Waals surface area contributed by atoms with Gasteiger partial charge in [-0.05, 0) is 24.8 Å². The topological polar surface area (TPSA) is 36.4 Å². The predicted molar refractivity (Wildman–Crippen MR) is 92.1 cm³/mol. The van der Waals surface area contributed by atoms with Crippen molar-refractivity contribution in [2.45, 2.75) is 32.7 Å². The van der Waals surface area contributed by atoms with Crippen LogP contribution < -0.4 is 10.6 Å². The second-order valence-electron chi connectivity index (χ2n) is 5.07. The number of aliphatic imine (C=N–C) groups is 1. The monoisotopic (exact) mass is 373 g/mol. The third-order valence-electron chi connectivity index (χ3n) is 3.35. The summed E-state index contributed by atoms with van der Waals surface area (Å²) in [6, 6.07) is 8.58. The first-order chi connectivity index (χ1) is 8.78. The molecule has 0 radical (unpaired) electrons. The summed E-state index contributed by atoms with van der Waals surface area (Å²) in [7, 11) is 1.82. The standard InChI is InChI=1S/C15H23N3.HI/c1-12-3-5-14(6-4-12)11-18-15(16-2)17-10-9-13-7-8-13;/h3-6,13H,7-11H2,1-2H3,(H2,16,17,18);1H. The molecule has 0 bridgehead atoms. The van der Waals surface area contributed by atoms with Gasteiger partial charge in [-0.2, -0.15) is 0 Å². The van der Waals surface area contributed by atoms with Crippen LogP contribution in [0.2, 0.25) is 0 Å². The Morgan fingerprint density at radius 1 is 1.21 bits per heavy atom. The molecule has 1 aliphatic carbocycles. The molecule has 1 aromatic carbocycles. The zero-order valence-corrected chi connectivity index (χ0v) is 14.1. The fourth-order valence-corrected chi connectivity index (χ4v) is 1.91. The Morgan fingerprint density at radius 3 is 2.47 bits per heavy atom. The van der Waals surface area contributed by atoms with E-state index in [-0.39, 0.29) is 24.0 Å². The lowest BCUT2D eigenvalue weighted by molar-refractivity contribution is 0.684. The van der Waals surface area contributed by atoms with Crippen LogP contribution in [0.25, 0.3) is 0 Å². The van der Waals surface area contributed by atoms with Gasteiger partial charge in [0.15, 0.2) is 5.96 Å². The van der Waals surface area contributed by atoms with Crippen molar-refractivity contribution in [3.05, 3.63) is 35.4 Å². The lowest BCUT2D eigenvalue weighted by Crippen LogP contribution is -2.37. The van der Waals surface area contributed by atoms with E-state index in [0.29, 0.717) is 0 Å². The zero-order valence-electron chi connectivity index (χ0n) is 11.8. The molecule has 19 heavy (non-hydrogen) atoms. The molecular weight excluding hydrogens is 349 g/mol. The maximum atomic E-state index is 4.23. The highest BCUT2D eigenvalue weighted by Gasteiger charge is 2.20. The molecule has 4 heteroatoms. The summed E-state index contributed by atoms with van der Waals surface area (Å²) in [6.07, 6.45) is 4.10. The van der Waals surface area contributed by atoms with Crippen molar-refractivity contribution < 1.29 is 0 Å². The van der Waals surface area contributed by atoms with E-state index in [0.717, 1.165) is 25.0 Å². The molecule has 0 aliphatic heterocycles. The van der Waals surface area contributed by atoms with E-state index in [4.69, 9.17) is 0 Å². The first kappa shape index (κ1) is 16.3. The number of halogens is 1. The highest BCUT2D eigenvalue weighted by atomic mass is 127. The van der Waals surface area contributed by atoms with Crippen LogP contribution >= 0.6 is 24.0 Å². The number of rotatable bonds is 5. The molecule has 0 atom stereocenters. The Balaban J connectivity index is 0.00000180. The normalized spacial score (nSPS) is 14.7. The van der Waals surface area contributed by atoms with E-state index in [1.807, 2.05) is 7.05 Å². The molecule has 0 amide bonds. The van der Waals surface area contributed by atoms with Crippen molar-refractivity contribution in [3.63, 3.8) is 0 Å². The summed E-state index contributed by atoms with van der Waals surface area (Å²) < 4.78 is 0. The van der Waals surface area contributed by atoms with E-state index < -0.39 is 0 Å². The quantitative estimate of drug-likeness (QED) is 0.473. The smallest absolute Gasteiger partial charge is 0.191 e. The molecule has 1 saturated carbocycles. The van der Waals surface area contributed by atoms with Crippen LogP contribution in [0.4, 0.5) is 0 Å². The molecule has 1 fully saturated rings. The van der Waals surface area contributed by atoms with Gasteiger partial charge in [-0.25, -0.2) is 0 Å². The van der Waals surface area contributed by atoms with Gasteiger partial charge in [0, 0.05) is 20.1 Å². The average Bonchev–Trinajstić information content (AvgIpc) is 3.19. The molecule has 0 spiro atoms. The van der Waals surface area contributed by atoms with Crippen molar-refractivity contribution in [2.24, 2.45) is 10.9 Å². The Kier molecular flexibility index (Phi) is 7.20. The zero-order chi connectivity index (χ0) is 12.8. The van der Waals surface area contributed by atoms with Crippen molar-refractivity contribution in [2.75, 3.05) is 13.6 Å². The van der Waals surface area contributed by atoms with Gasteiger partial charge in [-0.15, -0.1) is 24.0 Å². The Bertz CT molecular complexity index is 396. The molecule has 2 rings (SSSR count). The van der Waals surface area contributed by atoms with Crippen LogP contribution in [0.1, 0.15) is 30.4 Å². The van der Waals surface area contributed by atoms with Gasteiger partial charge < -0.3 is 10.6 Å². The first-order valence-corrected chi connectivity index (χ1v) is 6.78. The van der Waals surface area contributed by atoms with Gasteiger partial charge in [0.1, 0.15) is 0 Å². The van der Waals surface area contributed by atoms with Gasteiger partial charge in [0.05, 0.1) is 0 Å². The molecule has 1 aromatic rings. The molecule has 106 valence electrons. The van der Waals surface area contributed by atoms with Gasteiger partial charge in [-0.3, -0.25) is 4.99 Å². The maximum Gasteiger partial charge on any atom is 0.191 e. The number of nitrogens with zero attached hydrogens (tertiary/aromatic N) is 1. The minimum absolute atomic E-state index is 0. The lowest BCUT2D eigenvalue weighted by atomic mass is 10.1. The highest BCUT2D eigenvalue weighted by Crippen LogP contribution is 2.31. The maximum absolute atomic E-state index is 4.23. The largest absolute Gasteiger partial charge is 0.356 e. The highest BCUT2D eigenvalue weighted by molar-refractivity contribution is 14.0. The van der Waals surface area contributed by atoms with Crippen LogP contribution in [0, 0.1) is 12.8 Å². The van der Waals surface area contributed by atoms with Gasteiger partial charge in [0.25, 0.3) is 0 Å². The minimum atomic E-state index is 0. The Hall–Kier alpha value is -0.780. The van der Waals surface area contributed by atoms with Gasteiger partial charge in [0.2, 0.25) is 0 Å². The molecule has 0 heterocycles. The summed E-state index contributed by atoms with van der Waals surface area (Å²) in [5.41, 5.74) is 2.58. The average molecular weight is 373 g/mol. The van der Waals surface area contributed by atoms with E-state index in [1.165, 1.54) is 30.4 Å². The van der Waals surface area contributed by atoms with Crippen molar-refractivity contribution >= 4 is 29.9 Å².